The number of halogens is 1. The Bertz CT molecular complexity index is 730. The second-order valence-corrected chi connectivity index (χ2v) is 7.79. The van der Waals surface area contributed by atoms with E-state index in [2.05, 4.69) is 20.5 Å². The molecule has 1 aromatic heterocycles. The summed E-state index contributed by atoms with van der Waals surface area (Å²) in [5.74, 6) is 0.741. The highest BCUT2D eigenvalue weighted by atomic mass is 35.5. The lowest BCUT2D eigenvalue weighted by Gasteiger charge is -2.26. The number of nitrogens with one attached hydrogen (secondary N) is 2. The monoisotopic (exact) mass is 424 g/mol. The van der Waals surface area contributed by atoms with E-state index in [0.29, 0.717) is 12.2 Å². The molecule has 0 spiro atoms. The lowest BCUT2D eigenvalue weighted by molar-refractivity contribution is 0.0947. The Morgan fingerprint density at radius 1 is 1.29 bits per heavy atom. The van der Waals surface area contributed by atoms with Gasteiger partial charge >= 0.3 is 0 Å². The lowest BCUT2D eigenvalue weighted by Crippen LogP contribution is -2.44. The maximum absolute atomic E-state index is 12.3. The average Bonchev–Trinajstić information content (AvgIpc) is 3.16. The van der Waals surface area contributed by atoms with Gasteiger partial charge in [0.15, 0.2) is 0 Å². The lowest BCUT2D eigenvalue weighted by atomic mass is 10.2. The fourth-order valence-electron chi connectivity index (χ4n) is 2.99. The minimum Gasteiger partial charge on any atom is -0.491 e. The molecule has 154 valence electrons. The number of piperazine rings is 1. The number of carbonyl (C=O) groups is 1. The van der Waals surface area contributed by atoms with Crippen LogP contribution in [-0.2, 0) is 0 Å². The number of thiazole rings is 1. The summed E-state index contributed by atoms with van der Waals surface area (Å²) in [6.45, 7) is 9.99. The molecule has 3 rings (SSSR count). The summed E-state index contributed by atoms with van der Waals surface area (Å²) in [6.07, 6.45) is 1.11. The molecule has 0 unspecified atom stereocenters. The van der Waals surface area contributed by atoms with Gasteiger partial charge in [-0.25, -0.2) is 4.98 Å². The molecule has 1 aliphatic heterocycles. The van der Waals surface area contributed by atoms with Crippen LogP contribution in [0.5, 0.6) is 5.75 Å². The van der Waals surface area contributed by atoms with Gasteiger partial charge in [-0.15, -0.1) is 23.7 Å². The summed E-state index contributed by atoms with van der Waals surface area (Å²) < 4.78 is 5.66. The van der Waals surface area contributed by atoms with Crippen LogP contribution in [0.3, 0.4) is 0 Å². The molecule has 0 atom stereocenters. The molecule has 2 N–H and O–H groups in total. The summed E-state index contributed by atoms with van der Waals surface area (Å²) >= 11 is 1.48. The van der Waals surface area contributed by atoms with Gasteiger partial charge in [-0.05, 0) is 51.1 Å². The van der Waals surface area contributed by atoms with Crippen molar-refractivity contribution in [3.8, 4) is 16.3 Å². The van der Waals surface area contributed by atoms with Crippen molar-refractivity contribution in [1.29, 1.82) is 0 Å². The van der Waals surface area contributed by atoms with Crippen molar-refractivity contribution < 1.29 is 9.53 Å². The Labute approximate surface area is 177 Å². The molecule has 0 bridgehead atoms. The number of hydrogen-bond donors (Lipinski definition) is 2. The van der Waals surface area contributed by atoms with Crippen molar-refractivity contribution in [1.82, 2.24) is 20.5 Å². The zero-order valence-electron chi connectivity index (χ0n) is 16.4. The largest absolute Gasteiger partial charge is 0.491 e. The standard InChI is InChI=1S/C20H28N4O2S.ClH/c1-15(2)26-17-6-4-16(5-7-17)20-23-18(14-27-20)19(25)22-8-3-11-24-12-9-21-10-13-24;/h4-7,14-15,21H,3,8-13H2,1-2H3,(H,22,25);1H. The summed E-state index contributed by atoms with van der Waals surface area (Å²) in [5, 5.41) is 8.99. The van der Waals surface area contributed by atoms with Crippen molar-refractivity contribution >= 4 is 29.7 Å². The number of nitrogens with zero attached hydrogens (tertiary/aromatic N) is 2. The molecule has 8 heteroatoms. The van der Waals surface area contributed by atoms with Gasteiger partial charge in [0, 0.05) is 43.7 Å². The van der Waals surface area contributed by atoms with Crippen LogP contribution < -0.4 is 15.4 Å². The van der Waals surface area contributed by atoms with Gasteiger partial charge in [0.2, 0.25) is 0 Å². The molecule has 2 aromatic rings. The van der Waals surface area contributed by atoms with Crippen molar-refractivity contribution in [2.75, 3.05) is 39.3 Å². The zero-order chi connectivity index (χ0) is 19.1. The van der Waals surface area contributed by atoms with Crippen LogP contribution in [0.4, 0.5) is 0 Å². The highest BCUT2D eigenvalue weighted by Crippen LogP contribution is 2.26. The highest BCUT2D eigenvalue weighted by Gasteiger charge is 2.13. The molecule has 1 aliphatic rings. The molecule has 2 heterocycles. The third-order valence-electron chi connectivity index (χ3n) is 4.36. The molecule has 0 radical (unpaired) electrons. The van der Waals surface area contributed by atoms with Gasteiger partial charge in [-0.2, -0.15) is 0 Å². The normalized spacial score (nSPS) is 14.5. The number of rotatable bonds is 8. The van der Waals surface area contributed by atoms with E-state index in [1.807, 2.05) is 43.5 Å². The Hall–Kier alpha value is -1.67. The maximum atomic E-state index is 12.3. The van der Waals surface area contributed by atoms with E-state index < -0.39 is 0 Å². The van der Waals surface area contributed by atoms with Gasteiger partial charge < -0.3 is 20.3 Å². The van der Waals surface area contributed by atoms with E-state index in [0.717, 1.165) is 55.5 Å². The Balaban J connectivity index is 0.00000280. The number of hydrogen-bond acceptors (Lipinski definition) is 6. The highest BCUT2D eigenvalue weighted by molar-refractivity contribution is 7.13. The van der Waals surface area contributed by atoms with E-state index in [9.17, 15) is 4.79 Å². The second kappa shape index (κ2) is 11.4. The predicted octanol–water partition coefficient (Wildman–Crippen LogP) is 3.04. The average molecular weight is 425 g/mol. The van der Waals surface area contributed by atoms with E-state index in [1.165, 1.54) is 11.3 Å². The first kappa shape index (κ1) is 22.6. The van der Waals surface area contributed by atoms with Gasteiger partial charge in [-0.1, -0.05) is 0 Å². The van der Waals surface area contributed by atoms with Gasteiger partial charge in [0.1, 0.15) is 16.5 Å². The first-order chi connectivity index (χ1) is 13.1. The topological polar surface area (TPSA) is 66.5 Å². The minimum absolute atomic E-state index is 0. The number of carbonyl (C=O) groups excluding carboxylic acids is 1. The van der Waals surface area contributed by atoms with Crippen LogP contribution in [0.2, 0.25) is 0 Å². The smallest absolute Gasteiger partial charge is 0.270 e. The number of benzene rings is 1. The molecular weight excluding hydrogens is 396 g/mol. The van der Waals surface area contributed by atoms with Crippen LogP contribution in [-0.4, -0.2) is 61.2 Å². The van der Waals surface area contributed by atoms with E-state index in [4.69, 9.17) is 4.74 Å². The van der Waals surface area contributed by atoms with Crippen molar-refractivity contribution in [3.63, 3.8) is 0 Å². The molecule has 0 aliphatic carbocycles. The van der Waals surface area contributed by atoms with E-state index in [-0.39, 0.29) is 24.4 Å². The molecule has 6 nitrogen and oxygen atoms in total. The van der Waals surface area contributed by atoms with Crippen LogP contribution in [0.1, 0.15) is 30.8 Å². The minimum atomic E-state index is -0.0995. The molecule has 1 aromatic carbocycles. The summed E-state index contributed by atoms with van der Waals surface area (Å²) in [4.78, 5) is 19.2. The molecular formula is C20H29ClN4O2S. The maximum Gasteiger partial charge on any atom is 0.270 e. The van der Waals surface area contributed by atoms with E-state index >= 15 is 0 Å². The van der Waals surface area contributed by atoms with Crippen LogP contribution >= 0.6 is 23.7 Å². The first-order valence-electron chi connectivity index (χ1n) is 9.56. The van der Waals surface area contributed by atoms with Gasteiger partial charge in [0.05, 0.1) is 6.10 Å². The predicted molar refractivity (Wildman–Crippen MR) is 117 cm³/mol. The molecule has 1 amide bonds. The molecule has 1 saturated heterocycles. The van der Waals surface area contributed by atoms with E-state index in [1.54, 1.807) is 0 Å². The Morgan fingerprint density at radius 2 is 2.00 bits per heavy atom. The van der Waals surface area contributed by atoms with Crippen molar-refractivity contribution in [2.24, 2.45) is 0 Å². The molecule has 28 heavy (non-hydrogen) atoms. The summed E-state index contributed by atoms with van der Waals surface area (Å²) in [5.41, 5.74) is 1.48. The summed E-state index contributed by atoms with van der Waals surface area (Å²) in [7, 11) is 0. The van der Waals surface area contributed by atoms with Gasteiger partial charge in [-0.3, -0.25) is 4.79 Å². The van der Waals surface area contributed by atoms with Crippen molar-refractivity contribution in [3.05, 3.63) is 35.3 Å². The van der Waals surface area contributed by atoms with Crippen LogP contribution in [0.25, 0.3) is 10.6 Å². The zero-order valence-corrected chi connectivity index (χ0v) is 18.1. The summed E-state index contributed by atoms with van der Waals surface area (Å²) in [6, 6.07) is 7.83. The molecule has 0 saturated carbocycles. The van der Waals surface area contributed by atoms with Gasteiger partial charge in [0.25, 0.3) is 5.91 Å². The Kier molecular flexibility index (Phi) is 9.18. The quantitative estimate of drug-likeness (QED) is 0.637. The first-order valence-corrected chi connectivity index (χ1v) is 10.4. The number of amides is 1. The van der Waals surface area contributed by atoms with Crippen LogP contribution in [0.15, 0.2) is 29.6 Å². The fraction of sp³-hybridized carbons (Fsp3) is 0.500. The second-order valence-electron chi connectivity index (χ2n) is 6.93. The van der Waals surface area contributed by atoms with Crippen LogP contribution in [0, 0.1) is 0 Å². The van der Waals surface area contributed by atoms with Crippen molar-refractivity contribution in [2.45, 2.75) is 26.4 Å². The number of aromatic nitrogens is 1. The fourth-order valence-corrected chi connectivity index (χ4v) is 3.79. The third kappa shape index (κ3) is 6.74. The third-order valence-corrected chi connectivity index (χ3v) is 5.25. The Morgan fingerprint density at radius 3 is 2.68 bits per heavy atom. The number of ether oxygens (including phenoxy) is 1. The SMILES string of the molecule is CC(C)Oc1ccc(-c2nc(C(=O)NCCCN3CCNCC3)cs2)cc1.Cl. The molecule has 1 fully saturated rings.